The maximum atomic E-state index is 3.91. The van der Waals surface area contributed by atoms with Crippen LogP contribution in [0.3, 0.4) is 0 Å². The number of aryl methyl sites for hydroxylation is 1. The van der Waals surface area contributed by atoms with E-state index in [1.54, 1.807) is 6.08 Å². The molecular weight excluding hydrogens is 252 g/mol. The SMILES string of the molecule is C=CC(=C)NC1CCN(Sc2ccc(C)cc2)CC1. The Labute approximate surface area is 120 Å². The minimum atomic E-state index is 0.542. The van der Waals surface area contributed by atoms with Crippen LogP contribution >= 0.6 is 11.9 Å². The van der Waals surface area contributed by atoms with Crippen LogP contribution in [0.15, 0.2) is 54.1 Å². The summed E-state index contributed by atoms with van der Waals surface area (Å²) in [5.41, 5.74) is 2.25. The van der Waals surface area contributed by atoms with Crippen LogP contribution in [0.5, 0.6) is 0 Å². The predicted octanol–water partition coefficient (Wildman–Crippen LogP) is 3.76. The zero-order valence-electron chi connectivity index (χ0n) is 11.6. The number of benzene rings is 1. The molecule has 1 aliphatic rings. The lowest BCUT2D eigenvalue weighted by atomic mass is 10.1. The Balaban J connectivity index is 1.78. The molecule has 1 aromatic rings. The summed E-state index contributed by atoms with van der Waals surface area (Å²) in [5, 5.41) is 3.41. The molecule has 1 fully saturated rings. The molecule has 0 atom stereocenters. The molecule has 0 unspecified atom stereocenters. The van der Waals surface area contributed by atoms with Crippen LogP contribution in [0.1, 0.15) is 18.4 Å². The zero-order chi connectivity index (χ0) is 13.7. The Morgan fingerprint density at radius 1 is 1.32 bits per heavy atom. The average Bonchev–Trinajstić information content (AvgIpc) is 2.43. The Morgan fingerprint density at radius 3 is 2.53 bits per heavy atom. The third-order valence-corrected chi connectivity index (χ3v) is 4.45. The monoisotopic (exact) mass is 274 g/mol. The van der Waals surface area contributed by atoms with Gasteiger partial charge in [-0.1, -0.05) is 30.9 Å². The topological polar surface area (TPSA) is 15.3 Å². The van der Waals surface area contributed by atoms with Crippen molar-refractivity contribution in [2.24, 2.45) is 0 Å². The second-order valence-electron chi connectivity index (χ2n) is 4.98. The average molecular weight is 274 g/mol. The molecule has 102 valence electrons. The molecule has 2 nitrogen and oxygen atoms in total. The first-order valence-electron chi connectivity index (χ1n) is 6.75. The standard InChI is InChI=1S/C16H22N2S/c1-4-14(3)17-15-9-11-18(12-10-15)19-16-7-5-13(2)6-8-16/h4-8,15,17H,1,3,9-12H2,2H3. The molecule has 3 heteroatoms. The third kappa shape index (κ3) is 4.44. The van der Waals surface area contributed by atoms with Gasteiger partial charge in [-0.25, -0.2) is 4.31 Å². The van der Waals surface area contributed by atoms with E-state index in [2.05, 4.69) is 54.0 Å². The van der Waals surface area contributed by atoms with Crippen molar-refractivity contribution >= 4 is 11.9 Å². The molecular formula is C16H22N2S. The van der Waals surface area contributed by atoms with Gasteiger partial charge >= 0.3 is 0 Å². The second-order valence-corrected chi connectivity index (χ2v) is 6.15. The largest absolute Gasteiger partial charge is 0.383 e. The van der Waals surface area contributed by atoms with E-state index in [4.69, 9.17) is 0 Å². The smallest absolute Gasteiger partial charge is 0.0286 e. The van der Waals surface area contributed by atoms with E-state index in [0.717, 1.165) is 31.6 Å². The first-order valence-corrected chi connectivity index (χ1v) is 7.52. The fraction of sp³-hybridized carbons (Fsp3) is 0.375. The van der Waals surface area contributed by atoms with Crippen molar-refractivity contribution < 1.29 is 0 Å². The highest BCUT2D eigenvalue weighted by Crippen LogP contribution is 2.26. The molecule has 0 aliphatic carbocycles. The summed E-state index contributed by atoms with van der Waals surface area (Å²) >= 11 is 1.86. The maximum absolute atomic E-state index is 3.91. The minimum absolute atomic E-state index is 0.542. The Hall–Kier alpha value is -1.19. The first kappa shape index (κ1) is 14.2. The van der Waals surface area contributed by atoms with E-state index in [9.17, 15) is 0 Å². The molecule has 1 aromatic carbocycles. The van der Waals surface area contributed by atoms with Crippen molar-refractivity contribution in [3.8, 4) is 0 Å². The van der Waals surface area contributed by atoms with Gasteiger partial charge in [-0.05, 0) is 49.9 Å². The van der Waals surface area contributed by atoms with Crippen LogP contribution < -0.4 is 5.32 Å². The predicted molar refractivity (Wildman–Crippen MR) is 84.1 cm³/mol. The lowest BCUT2D eigenvalue weighted by molar-refractivity contribution is 0.322. The summed E-state index contributed by atoms with van der Waals surface area (Å²) < 4.78 is 2.44. The molecule has 0 aromatic heterocycles. The summed E-state index contributed by atoms with van der Waals surface area (Å²) in [4.78, 5) is 1.33. The number of nitrogens with one attached hydrogen (secondary N) is 1. The van der Waals surface area contributed by atoms with Crippen molar-refractivity contribution in [3.05, 3.63) is 54.8 Å². The molecule has 1 N–H and O–H groups in total. The van der Waals surface area contributed by atoms with E-state index in [1.165, 1.54) is 10.5 Å². The summed E-state index contributed by atoms with van der Waals surface area (Å²) in [6, 6.07) is 9.28. The molecule has 0 radical (unpaired) electrons. The number of piperidine rings is 1. The highest BCUT2D eigenvalue weighted by molar-refractivity contribution is 7.97. The number of hydrogen-bond acceptors (Lipinski definition) is 3. The van der Waals surface area contributed by atoms with Gasteiger partial charge in [0.05, 0.1) is 0 Å². The number of nitrogens with zero attached hydrogens (tertiary/aromatic N) is 1. The summed E-state index contributed by atoms with van der Waals surface area (Å²) in [6.45, 7) is 12.0. The van der Waals surface area contributed by atoms with Crippen molar-refractivity contribution in [2.75, 3.05) is 13.1 Å². The minimum Gasteiger partial charge on any atom is -0.383 e. The van der Waals surface area contributed by atoms with Crippen molar-refractivity contribution in [2.45, 2.75) is 30.7 Å². The van der Waals surface area contributed by atoms with Gasteiger partial charge in [0, 0.05) is 29.7 Å². The zero-order valence-corrected chi connectivity index (χ0v) is 12.4. The quantitative estimate of drug-likeness (QED) is 0.650. The number of hydrogen-bond donors (Lipinski definition) is 1. The van der Waals surface area contributed by atoms with E-state index in [1.807, 2.05) is 11.9 Å². The van der Waals surface area contributed by atoms with Crippen molar-refractivity contribution in [1.82, 2.24) is 9.62 Å². The second kappa shape index (κ2) is 6.83. The highest BCUT2D eigenvalue weighted by atomic mass is 32.2. The Kier molecular flexibility index (Phi) is 5.11. The molecule has 0 spiro atoms. The Bertz CT molecular complexity index is 431. The molecule has 1 saturated heterocycles. The molecule has 1 aliphatic heterocycles. The fourth-order valence-corrected chi connectivity index (χ4v) is 3.11. The van der Waals surface area contributed by atoms with E-state index >= 15 is 0 Å². The molecule has 0 amide bonds. The van der Waals surface area contributed by atoms with Crippen molar-refractivity contribution in [1.29, 1.82) is 0 Å². The maximum Gasteiger partial charge on any atom is 0.0286 e. The normalized spacial score (nSPS) is 17.1. The third-order valence-electron chi connectivity index (χ3n) is 3.35. The van der Waals surface area contributed by atoms with E-state index < -0.39 is 0 Å². The van der Waals surface area contributed by atoms with Crippen LogP contribution in [-0.4, -0.2) is 23.4 Å². The molecule has 0 bridgehead atoms. The van der Waals surface area contributed by atoms with Gasteiger partial charge in [0.25, 0.3) is 0 Å². The number of allylic oxidation sites excluding steroid dienone is 1. The van der Waals surface area contributed by atoms with Gasteiger partial charge in [0.15, 0.2) is 0 Å². The van der Waals surface area contributed by atoms with Gasteiger partial charge in [0.1, 0.15) is 0 Å². The van der Waals surface area contributed by atoms with Gasteiger partial charge in [-0.2, -0.15) is 0 Å². The summed E-state index contributed by atoms with van der Waals surface area (Å²) in [6.07, 6.45) is 4.10. The molecule has 1 heterocycles. The number of rotatable bonds is 5. The Morgan fingerprint density at radius 2 is 1.95 bits per heavy atom. The summed E-state index contributed by atoms with van der Waals surface area (Å²) in [5.74, 6) is 0. The van der Waals surface area contributed by atoms with E-state index in [-0.39, 0.29) is 0 Å². The lowest BCUT2D eigenvalue weighted by Crippen LogP contribution is -2.39. The highest BCUT2D eigenvalue weighted by Gasteiger charge is 2.19. The van der Waals surface area contributed by atoms with Gasteiger partial charge < -0.3 is 5.32 Å². The molecule has 0 saturated carbocycles. The van der Waals surface area contributed by atoms with Crippen molar-refractivity contribution in [3.63, 3.8) is 0 Å². The van der Waals surface area contributed by atoms with Gasteiger partial charge in [0.2, 0.25) is 0 Å². The van der Waals surface area contributed by atoms with Crippen LogP contribution in [0.4, 0.5) is 0 Å². The molecule has 19 heavy (non-hydrogen) atoms. The fourth-order valence-electron chi connectivity index (χ4n) is 2.16. The van der Waals surface area contributed by atoms with Crippen LogP contribution in [-0.2, 0) is 0 Å². The van der Waals surface area contributed by atoms with Gasteiger partial charge in [-0.3, -0.25) is 0 Å². The van der Waals surface area contributed by atoms with Crippen LogP contribution in [0.2, 0.25) is 0 Å². The summed E-state index contributed by atoms with van der Waals surface area (Å²) in [7, 11) is 0. The van der Waals surface area contributed by atoms with Crippen LogP contribution in [0.25, 0.3) is 0 Å². The lowest BCUT2D eigenvalue weighted by Gasteiger charge is -2.32. The van der Waals surface area contributed by atoms with E-state index in [0.29, 0.717) is 6.04 Å². The molecule has 2 rings (SSSR count). The first-order chi connectivity index (χ1) is 9.17. The van der Waals surface area contributed by atoms with Gasteiger partial charge in [-0.15, -0.1) is 0 Å². The van der Waals surface area contributed by atoms with Crippen LogP contribution in [0, 0.1) is 6.92 Å².